The molecule has 8 nitrogen and oxygen atoms in total. The summed E-state index contributed by atoms with van der Waals surface area (Å²) in [7, 11) is -2.90. The number of carbonyl (C=O) groups is 1. The maximum absolute atomic E-state index is 12.6. The van der Waals surface area contributed by atoms with Crippen molar-refractivity contribution in [1.29, 1.82) is 0 Å². The van der Waals surface area contributed by atoms with E-state index in [4.69, 9.17) is 4.52 Å². The third-order valence-corrected chi connectivity index (χ3v) is 6.40. The summed E-state index contributed by atoms with van der Waals surface area (Å²) < 4.78 is 27.9. The predicted octanol–water partition coefficient (Wildman–Crippen LogP) is 2.22. The van der Waals surface area contributed by atoms with Crippen LogP contribution in [-0.2, 0) is 16.4 Å². The fraction of sp³-hybridized carbons (Fsp3) is 0.250. The Labute approximate surface area is 168 Å². The highest BCUT2D eigenvalue weighted by atomic mass is 32.2. The molecule has 1 aromatic heterocycles. The number of hydrogen-bond acceptors (Lipinski definition) is 7. The molecule has 29 heavy (non-hydrogen) atoms. The highest BCUT2D eigenvalue weighted by Gasteiger charge is 2.21. The molecule has 2 heterocycles. The van der Waals surface area contributed by atoms with Crippen molar-refractivity contribution in [2.45, 2.75) is 6.54 Å². The van der Waals surface area contributed by atoms with Crippen molar-refractivity contribution in [3.05, 3.63) is 66.1 Å². The molecule has 0 radical (unpaired) electrons. The van der Waals surface area contributed by atoms with Crippen molar-refractivity contribution in [1.82, 2.24) is 15.0 Å². The number of hydrogen-bond donors (Lipinski definition) is 1. The number of nitrogens with one attached hydrogen (secondary N) is 1. The van der Waals surface area contributed by atoms with Crippen LogP contribution in [0.4, 0.5) is 5.69 Å². The average Bonchev–Trinajstić information content (AvgIpc) is 3.25. The lowest BCUT2D eigenvalue weighted by atomic mass is 10.1. The third kappa shape index (κ3) is 4.87. The highest BCUT2D eigenvalue weighted by molar-refractivity contribution is 7.91. The number of amides is 1. The van der Waals surface area contributed by atoms with Gasteiger partial charge in [0.2, 0.25) is 12.2 Å². The zero-order valence-electron chi connectivity index (χ0n) is 15.6. The summed E-state index contributed by atoms with van der Waals surface area (Å²) in [6, 6.07) is 14.6. The molecule has 9 heteroatoms. The van der Waals surface area contributed by atoms with Crippen molar-refractivity contribution in [2.75, 3.05) is 29.9 Å². The maximum Gasteiger partial charge on any atom is 0.255 e. The first-order valence-corrected chi connectivity index (χ1v) is 11.0. The Morgan fingerprint density at radius 2 is 1.86 bits per heavy atom. The first-order chi connectivity index (χ1) is 14.0. The van der Waals surface area contributed by atoms with Gasteiger partial charge in [-0.3, -0.25) is 9.69 Å². The molecule has 4 rings (SSSR count). The van der Waals surface area contributed by atoms with Gasteiger partial charge >= 0.3 is 0 Å². The van der Waals surface area contributed by atoms with Gasteiger partial charge < -0.3 is 9.84 Å². The summed E-state index contributed by atoms with van der Waals surface area (Å²) in [5, 5.41) is 6.66. The van der Waals surface area contributed by atoms with E-state index in [2.05, 4.69) is 20.4 Å². The van der Waals surface area contributed by atoms with Crippen LogP contribution < -0.4 is 5.32 Å². The van der Waals surface area contributed by atoms with Gasteiger partial charge in [0.1, 0.15) is 0 Å². The fourth-order valence-electron chi connectivity index (χ4n) is 3.18. The number of carbonyl (C=O) groups excluding carboxylic acids is 1. The fourth-order valence-corrected chi connectivity index (χ4v) is 4.46. The number of anilines is 1. The van der Waals surface area contributed by atoms with Gasteiger partial charge in [0.15, 0.2) is 9.84 Å². The standard InChI is InChI=1S/C20H20N4O4S/c25-20(22-18-6-4-16(5-7-18)19-21-14-28-23-19)17-3-1-2-15(12-17)13-24-8-10-29(26,27)11-9-24/h1-7,12,14H,8-11,13H2,(H,22,25). The monoisotopic (exact) mass is 412 g/mol. The lowest BCUT2D eigenvalue weighted by Crippen LogP contribution is -2.39. The molecular formula is C20H20N4O4S. The molecule has 1 N–H and O–H groups in total. The summed E-state index contributed by atoms with van der Waals surface area (Å²) in [4.78, 5) is 18.7. The van der Waals surface area contributed by atoms with Gasteiger partial charge in [-0.05, 0) is 42.0 Å². The average molecular weight is 412 g/mol. The minimum absolute atomic E-state index is 0.188. The molecule has 1 fully saturated rings. The minimum atomic E-state index is -2.90. The van der Waals surface area contributed by atoms with Crippen LogP contribution in [0.25, 0.3) is 11.4 Å². The Morgan fingerprint density at radius 1 is 1.10 bits per heavy atom. The Balaban J connectivity index is 1.39. The molecule has 0 aliphatic carbocycles. The number of aromatic nitrogens is 2. The molecule has 1 aliphatic rings. The number of benzene rings is 2. The van der Waals surface area contributed by atoms with E-state index in [1.54, 1.807) is 30.3 Å². The number of nitrogens with zero attached hydrogens (tertiary/aromatic N) is 3. The number of rotatable bonds is 5. The largest absolute Gasteiger partial charge is 0.342 e. The van der Waals surface area contributed by atoms with Crippen molar-refractivity contribution in [2.24, 2.45) is 0 Å². The summed E-state index contributed by atoms with van der Waals surface area (Å²) in [5.41, 5.74) is 2.98. The molecule has 0 bridgehead atoms. The Bertz CT molecular complexity index is 1080. The summed E-state index contributed by atoms with van der Waals surface area (Å²) in [6.07, 6.45) is 1.26. The van der Waals surface area contributed by atoms with Gasteiger partial charge in [-0.15, -0.1) is 0 Å². The molecule has 1 amide bonds. The van der Waals surface area contributed by atoms with Gasteiger partial charge in [-0.1, -0.05) is 17.3 Å². The minimum Gasteiger partial charge on any atom is -0.342 e. The zero-order valence-corrected chi connectivity index (χ0v) is 16.4. The van der Waals surface area contributed by atoms with Gasteiger partial charge in [-0.2, -0.15) is 4.98 Å². The van der Waals surface area contributed by atoms with Gasteiger partial charge in [0, 0.05) is 36.4 Å². The van der Waals surface area contributed by atoms with E-state index >= 15 is 0 Å². The van der Waals surface area contributed by atoms with E-state index < -0.39 is 9.84 Å². The quantitative estimate of drug-likeness (QED) is 0.685. The number of sulfone groups is 1. The first-order valence-electron chi connectivity index (χ1n) is 9.18. The molecule has 0 saturated carbocycles. The first kappa shape index (κ1) is 19.3. The lowest BCUT2D eigenvalue weighted by molar-refractivity contribution is 0.102. The van der Waals surface area contributed by atoms with E-state index in [1.165, 1.54) is 6.39 Å². The highest BCUT2D eigenvalue weighted by Crippen LogP contribution is 2.19. The van der Waals surface area contributed by atoms with Gasteiger partial charge in [0.25, 0.3) is 5.91 Å². The second-order valence-electron chi connectivity index (χ2n) is 6.91. The molecule has 1 aliphatic heterocycles. The SMILES string of the molecule is O=C(Nc1ccc(-c2ncon2)cc1)c1cccc(CN2CCS(=O)(=O)CC2)c1. The van der Waals surface area contributed by atoms with E-state index in [0.29, 0.717) is 36.7 Å². The normalized spacial score (nSPS) is 16.4. The van der Waals surface area contributed by atoms with Crippen LogP contribution in [-0.4, -0.2) is 54.0 Å². The van der Waals surface area contributed by atoms with Crippen LogP contribution in [0.5, 0.6) is 0 Å². The smallest absolute Gasteiger partial charge is 0.255 e. The van der Waals surface area contributed by atoms with E-state index in [9.17, 15) is 13.2 Å². The van der Waals surface area contributed by atoms with Crippen LogP contribution >= 0.6 is 0 Å². The van der Waals surface area contributed by atoms with Crippen molar-refractivity contribution < 1.29 is 17.7 Å². The Hall–Kier alpha value is -3.04. The molecule has 0 unspecified atom stereocenters. The van der Waals surface area contributed by atoms with Crippen LogP contribution in [0.2, 0.25) is 0 Å². The summed E-state index contributed by atoms with van der Waals surface area (Å²) in [5.74, 6) is 0.654. The van der Waals surface area contributed by atoms with Crippen LogP contribution in [0, 0.1) is 0 Å². The molecular weight excluding hydrogens is 392 g/mol. The van der Waals surface area contributed by atoms with E-state index in [0.717, 1.165) is 11.1 Å². The lowest BCUT2D eigenvalue weighted by Gasteiger charge is -2.26. The molecule has 0 spiro atoms. The van der Waals surface area contributed by atoms with Crippen LogP contribution in [0.1, 0.15) is 15.9 Å². The molecule has 3 aromatic rings. The predicted molar refractivity (Wildman–Crippen MR) is 108 cm³/mol. The van der Waals surface area contributed by atoms with Gasteiger partial charge in [0.05, 0.1) is 11.5 Å². The Morgan fingerprint density at radius 3 is 2.55 bits per heavy atom. The molecule has 2 aromatic carbocycles. The Kier molecular flexibility index (Phi) is 5.41. The van der Waals surface area contributed by atoms with E-state index in [-0.39, 0.29) is 17.4 Å². The van der Waals surface area contributed by atoms with Crippen molar-refractivity contribution >= 4 is 21.4 Å². The molecule has 1 saturated heterocycles. The second kappa shape index (κ2) is 8.14. The third-order valence-electron chi connectivity index (χ3n) is 4.79. The van der Waals surface area contributed by atoms with Gasteiger partial charge in [-0.25, -0.2) is 8.42 Å². The summed E-state index contributed by atoms with van der Waals surface area (Å²) >= 11 is 0. The van der Waals surface area contributed by atoms with E-state index in [1.807, 2.05) is 18.2 Å². The molecule has 150 valence electrons. The van der Waals surface area contributed by atoms with Crippen LogP contribution in [0.3, 0.4) is 0 Å². The maximum atomic E-state index is 12.6. The summed E-state index contributed by atoms with van der Waals surface area (Å²) in [6.45, 7) is 1.66. The van der Waals surface area contributed by atoms with Crippen molar-refractivity contribution in [3.63, 3.8) is 0 Å². The van der Waals surface area contributed by atoms with Crippen molar-refractivity contribution in [3.8, 4) is 11.4 Å². The molecule has 0 atom stereocenters. The second-order valence-corrected chi connectivity index (χ2v) is 9.22. The van der Waals surface area contributed by atoms with Crippen LogP contribution in [0.15, 0.2) is 59.4 Å². The zero-order chi connectivity index (χ0) is 20.3. The topological polar surface area (TPSA) is 105 Å².